The van der Waals surface area contributed by atoms with E-state index in [4.69, 9.17) is 0 Å². The third-order valence-corrected chi connectivity index (χ3v) is 5.71. The molecule has 0 unspecified atom stereocenters. The van der Waals surface area contributed by atoms with Crippen molar-refractivity contribution in [1.82, 2.24) is 14.7 Å². The molecule has 0 saturated carbocycles. The minimum atomic E-state index is -4.27. The summed E-state index contributed by atoms with van der Waals surface area (Å²) in [5, 5.41) is 0. The average Bonchev–Trinajstić information content (AvgIpc) is 3.05. The van der Waals surface area contributed by atoms with Crippen LogP contribution in [0.2, 0.25) is 0 Å². The van der Waals surface area contributed by atoms with E-state index >= 15 is 0 Å². The summed E-state index contributed by atoms with van der Waals surface area (Å²) < 4.78 is 38.6. The molecule has 3 nitrogen and oxygen atoms in total. The lowest BCUT2D eigenvalue weighted by Crippen LogP contribution is -2.44. The minimum Gasteiger partial charge on any atom is -0.306 e. The first-order chi connectivity index (χ1) is 11.8. The highest BCUT2D eigenvalue weighted by Gasteiger charge is 2.33. The largest absolute Gasteiger partial charge is 0.416 e. The fourth-order valence-electron chi connectivity index (χ4n) is 4.08. The fourth-order valence-corrected chi connectivity index (χ4v) is 4.08. The Kier molecular flexibility index (Phi) is 5.71. The zero-order chi connectivity index (χ0) is 18.0. The average molecular weight is 355 g/mol. The van der Waals surface area contributed by atoms with Gasteiger partial charge in [0.15, 0.2) is 0 Å². The topological polar surface area (TPSA) is 9.72 Å². The van der Waals surface area contributed by atoms with Gasteiger partial charge in [-0.1, -0.05) is 18.2 Å². The lowest BCUT2D eigenvalue weighted by Gasteiger charge is -2.35. The molecule has 0 spiro atoms. The van der Waals surface area contributed by atoms with Crippen LogP contribution in [0.25, 0.3) is 0 Å². The van der Waals surface area contributed by atoms with Gasteiger partial charge in [0.1, 0.15) is 0 Å². The minimum absolute atomic E-state index is 0.425. The summed E-state index contributed by atoms with van der Waals surface area (Å²) in [6.45, 7) is 5.02. The number of halogens is 3. The molecule has 6 heteroatoms. The lowest BCUT2D eigenvalue weighted by molar-refractivity contribution is -0.137. The van der Waals surface area contributed by atoms with E-state index < -0.39 is 11.7 Å². The molecule has 0 bridgehead atoms. The van der Waals surface area contributed by atoms with E-state index in [-0.39, 0.29) is 0 Å². The summed E-state index contributed by atoms with van der Waals surface area (Å²) in [5.74, 6) is 0. The van der Waals surface area contributed by atoms with E-state index in [2.05, 4.69) is 21.7 Å². The number of piperidine rings is 1. The highest BCUT2D eigenvalue weighted by molar-refractivity contribution is 5.25. The van der Waals surface area contributed by atoms with Crippen molar-refractivity contribution < 1.29 is 13.2 Å². The molecule has 0 radical (unpaired) electrons. The Balaban J connectivity index is 1.55. The van der Waals surface area contributed by atoms with Crippen LogP contribution in [0.15, 0.2) is 24.3 Å². The molecule has 0 amide bonds. The van der Waals surface area contributed by atoms with E-state index in [1.165, 1.54) is 25.0 Å². The van der Waals surface area contributed by atoms with E-state index in [9.17, 15) is 13.2 Å². The predicted molar refractivity (Wildman–Crippen MR) is 93.4 cm³/mol. The second kappa shape index (κ2) is 7.64. The van der Waals surface area contributed by atoms with Gasteiger partial charge in [0.25, 0.3) is 0 Å². The Morgan fingerprint density at radius 1 is 1.12 bits per heavy atom. The van der Waals surface area contributed by atoms with Crippen molar-refractivity contribution in [2.45, 2.75) is 44.1 Å². The molecule has 1 aromatic rings. The van der Waals surface area contributed by atoms with Gasteiger partial charge in [-0.3, -0.25) is 9.80 Å². The second-order valence-corrected chi connectivity index (χ2v) is 7.59. The van der Waals surface area contributed by atoms with Gasteiger partial charge in [0, 0.05) is 31.7 Å². The number of likely N-dealkylation sites (tertiary alicyclic amines) is 2. The molecular formula is C19H28F3N3. The maximum atomic E-state index is 12.9. The summed E-state index contributed by atoms with van der Waals surface area (Å²) in [6, 6.07) is 6.81. The zero-order valence-electron chi connectivity index (χ0n) is 15.1. The van der Waals surface area contributed by atoms with E-state index in [1.807, 2.05) is 7.05 Å². The standard InChI is InChI=1S/C19H28F3N3/c1-23-9-6-17(7-10-23)25-11-8-18(14-25)24(2)13-15-4-3-5-16(12-15)19(20,21)22/h3-5,12,17-18H,6-11,13-14H2,1-2H3/t18-/m1/s1. The molecule has 2 heterocycles. The first-order valence-electron chi connectivity index (χ1n) is 9.12. The number of likely N-dealkylation sites (N-methyl/N-ethyl adjacent to an activating group) is 1. The van der Waals surface area contributed by atoms with Crippen molar-refractivity contribution in [3.05, 3.63) is 35.4 Å². The first-order valence-corrected chi connectivity index (χ1v) is 9.12. The van der Waals surface area contributed by atoms with Crippen molar-refractivity contribution in [3.63, 3.8) is 0 Å². The molecule has 2 aliphatic rings. The van der Waals surface area contributed by atoms with Crippen LogP contribution >= 0.6 is 0 Å². The maximum Gasteiger partial charge on any atom is 0.416 e. The first kappa shape index (κ1) is 18.7. The number of rotatable bonds is 4. The highest BCUT2D eigenvalue weighted by atomic mass is 19.4. The Morgan fingerprint density at radius 3 is 2.52 bits per heavy atom. The number of nitrogens with zero attached hydrogens (tertiary/aromatic N) is 3. The molecule has 2 saturated heterocycles. The third-order valence-electron chi connectivity index (χ3n) is 5.71. The molecule has 0 aliphatic carbocycles. The summed E-state index contributed by atoms with van der Waals surface area (Å²) in [5.41, 5.74) is 0.174. The van der Waals surface area contributed by atoms with Crippen molar-refractivity contribution in [1.29, 1.82) is 0 Å². The second-order valence-electron chi connectivity index (χ2n) is 7.59. The van der Waals surface area contributed by atoms with Crippen molar-refractivity contribution in [2.24, 2.45) is 0 Å². The highest BCUT2D eigenvalue weighted by Crippen LogP contribution is 2.30. The van der Waals surface area contributed by atoms with Crippen LogP contribution in [0.3, 0.4) is 0 Å². The predicted octanol–water partition coefficient (Wildman–Crippen LogP) is 3.31. The van der Waals surface area contributed by atoms with Gasteiger partial charge in [-0.15, -0.1) is 0 Å². The van der Waals surface area contributed by atoms with Gasteiger partial charge in [0.2, 0.25) is 0 Å². The quantitative estimate of drug-likeness (QED) is 0.820. The Bertz CT molecular complexity index is 567. The molecule has 1 aromatic carbocycles. The van der Waals surface area contributed by atoms with Gasteiger partial charge < -0.3 is 4.90 Å². The fraction of sp³-hybridized carbons (Fsp3) is 0.684. The molecule has 3 rings (SSSR count). The van der Waals surface area contributed by atoms with Gasteiger partial charge in [-0.2, -0.15) is 13.2 Å². The van der Waals surface area contributed by atoms with Crippen LogP contribution in [-0.2, 0) is 12.7 Å². The molecule has 2 aliphatic heterocycles. The zero-order valence-corrected chi connectivity index (χ0v) is 15.1. The van der Waals surface area contributed by atoms with Crippen molar-refractivity contribution >= 4 is 0 Å². The normalized spacial score (nSPS) is 24.3. The monoisotopic (exact) mass is 355 g/mol. The molecule has 2 fully saturated rings. The van der Waals surface area contributed by atoms with E-state index in [0.717, 1.165) is 44.2 Å². The van der Waals surface area contributed by atoms with Crippen LogP contribution in [0.1, 0.15) is 30.4 Å². The van der Waals surface area contributed by atoms with Crippen LogP contribution in [0.4, 0.5) is 13.2 Å². The van der Waals surface area contributed by atoms with E-state index in [1.54, 1.807) is 6.07 Å². The van der Waals surface area contributed by atoms with Crippen molar-refractivity contribution in [2.75, 3.05) is 40.3 Å². The number of alkyl halides is 3. The van der Waals surface area contributed by atoms with Crippen LogP contribution < -0.4 is 0 Å². The summed E-state index contributed by atoms with van der Waals surface area (Å²) in [7, 11) is 4.20. The summed E-state index contributed by atoms with van der Waals surface area (Å²) in [6.07, 6.45) is -0.726. The molecule has 140 valence electrons. The smallest absolute Gasteiger partial charge is 0.306 e. The molecule has 0 aromatic heterocycles. The van der Waals surface area contributed by atoms with E-state index in [0.29, 0.717) is 18.6 Å². The van der Waals surface area contributed by atoms with Crippen LogP contribution in [-0.4, -0.2) is 67.1 Å². The van der Waals surface area contributed by atoms with Crippen molar-refractivity contribution in [3.8, 4) is 0 Å². The summed E-state index contributed by atoms with van der Waals surface area (Å²) >= 11 is 0. The molecule has 0 N–H and O–H groups in total. The maximum absolute atomic E-state index is 12.9. The summed E-state index contributed by atoms with van der Waals surface area (Å²) in [4.78, 5) is 7.18. The SMILES string of the molecule is CN1CCC(N2CC[C@@H](N(C)Cc3cccc(C(F)(F)F)c3)C2)CC1. The van der Waals surface area contributed by atoms with Gasteiger partial charge in [-0.05, 0) is 58.1 Å². The lowest BCUT2D eigenvalue weighted by atomic mass is 10.0. The van der Waals surface area contributed by atoms with Gasteiger partial charge >= 0.3 is 6.18 Å². The van der Waals surface area contributed by atoms with Gasteiger partial charge in [0.05, 0.1) is 5.56 Å². The Morgan fingerprint density at radius 2 is 1.84 bits per heavy atom. The number of hydrogen-bond donors (Lipinski definition) is 0. The van der Waals surface area contributed by atoms with Crippen LogP contribution in [0, 0.1) is 0 Å². The molecular weight excluding hydrogens is 327 g/mol. The number of benzene rings is 1. The third kappa shape index (κ3) is 4.74. The molecule has 1 atom stereocenters. The van der Waals surface area contributed by atoms with Crippen LogP contribution in [0.5, 0.6) is 0 Å². The molecule has 25 heavy (non-hydrogen) atoms. The Hall–Kier alpha value is -1.11. The number of hydrogen-bond acceptors (Lipinski definition) is 3. The van der Waals surface area contributed by atoms with Gasteiger partial charge in [-0.25, -0.2) is 0 Å². The Labute approximate surface area is 148 Å².